The van der Waals surface area contributed by atoms with Crippen LogP contribution in [0.1, 0.15) is 41.0 Å². The Balaban J connectivity index is 1.72. The summed E-state index contributed by atoms with van der Waals surface area (Å²) >= 11 is 0. The first-order valence-corrected chi connectivity index (χ1v) is 11.2. The van der Waals surface area contributed by atoms with E-state index in [-0.39, 0.29) is 0 Å². The molecule has 0 fully saturated rings. The van der Waals surface area contributed by atoms with E-state index < -0.39 is 17.8 Å². The number of nitrogens with zero attached hydrogens (tertiary/aromatic N) is 5. The Labute approximate surface area is 196 Å². The quantitative estimate of drug-likeness (QED) is 0.325. The van der Waals surface area contributed by atoms with Gasteiger partial charge in [-0.15, -0.1) is 5.10 Å². The molecule has 1 atom stereocenters. The van der Waals surface area contributed by atoms with Crippen LogP contribution >= 0.6 is 0 Å². The summed E-state index contributed by atoms with van der Waals surface area (Å²) in [4.78, 5) is 2.09. The van der Waals surface area contributed by atoms with Crippen molar-refractivity contribution in [2.75, 3.05) is 6.54 Å². The Morgan fingerprint density at radius 1 is 0.882 bits per heavy atom. The molecule has 8 heteroatoms. The van der Waals surface area contributed by atoms with E-state index in [1.165, 1.54) is 12.1 Å². The van der Waals surface area contributed by atoms with Crippen LogP contribution in [0, 0.1) is 0 Å². The molecule has 0 bridgehead atoms. The van der Waals surface area contributed by atoms with Crippen LogP contribution in [-0.2, 0) is 25.7 Å². The van der Waals surface area contributed by atoms with Crippen molar-refractivity contribution in [3.63, 3.8) is 0 Å². The molecule has 4 rings (SSSR count). The topological polar surface area (TPSA) is 46.8 Å². The molecule has 1 heterocycles. The third-order valence-corrected chi connectivity index (χ3v) is 5.79. The molecule has 0 aliphatic heterocycles. The van der Waals surface area contributed by atoms with Crippen molar-refractivity contribution in [2.24, 2.45) is 0 Å². The van der Waals surface area contributed by atoms with E-state index in [0.29, 0.717) is 37.4 Å². The molecule has 5 nitrogen and oxygen atoms in total. The maximum absolute atomic E-state index is 13.5. The van der Waals surface area contributed by atoms with Gasteiger partial charge in [-0.3, -0.25) is 4.90 Å². The van der Waals surface area contributed by atoms with E-state index >= 15 is 0 Å². The monoisotopic (exact) mass is 465 g/mol. The Morgan fingerprint density at radius 3 is 2.21 bits per heavy atom. The maximum Gasteiger partial charge on any atom is 0.416 e. The van der Waals surface area contributed by atoms with E-state index in [0.717, 1.165) is 17.2 Å². The number of aromatic nitrogens is 4. The fourth-order valence-corrected chi connectivity index (χ4v) is 4.06. The number of hydrogen-bond acceptors (Lipinski definition) is 4. The second-order valence-electron chi connectivity index (χ2n) is 8.07. The summed E-state index contributed by atoms with van der Waals surface area (Å²) in [5.41, 5.74) is 2.01. The maximum atomic E-state index is 13.5. The van der Waals surface area contributed by atoms with Crippen molar-refractivity contribution in [3.8, 4) is 0 Å². The highest BCUT2D eigenvalue weighted by Gasteiger charge is 2.33. The van der Waals surface area contributed by atoms with E-state index in [4.69, 9.17) is 0 Å². The fraction of sp³-hybridized carbons (Fsp3) is 0.269. The molecular weight excluding hydrogens is 439 g/mol. The molecule has 0 saturated heterocycles. The minimum Gasteiger partial charge on any atom is -0.286 e. The molecule has 0 amide bonds. The summed E-state index contributed by atoms with van der Waals surface area (Å²) < 4.78 is 42.3. The van der Waals surface area contributed by atoms with Crippen molar-refractivity contribution < 1.29 is 13.2 Å². The summed E-state index contributed by atoms with van der Waals surface area (Å²) in [5, 5.41) is 12.4. The normalized spacial score (nSPS) is 12.7. The van der Waals surface area contributed by atoms with Gasteiger partial charge in [-0.2, -0.15) is 13.2 Å². The van der Waals surface area contributed by atoms with Crippen molar-refractivity contribution in [2.45, 2.75) is 38.7 Å². The molecule has 0 saturated carbocycles. The molecule has 176 valence electrons. The van der Waals surface area contributed by atoms with E-state index in [1.807, 2.05) is 67.6 Å². The average molecular weight is 466 g/mol. The van der Waals surface area contributed by atoms with Crippen LogP contribution in [0.3, 0.4) is 0 Å². The van der Waals surface area contributed by atoms with Crippen LogP contribution in [-0.4, -0.2) is 31.7 Å². The van der Waals surface area contributed by atoms with Gasteiger partial charge in [0.15, 0.2) is 5.82 Å². The third-order valence-electron chi connectivity index (χ3n) is 5.79. The summed E-state index contributed by atoms with van der Waals surface area (Å²) in [5.74, 6) is 0.521. The van der Waals surface area contributed by atoms with Crippen LogP contribution in [0.15, 0.2) is 84.9 Å². The van der Waals surface area contributed by atoms with Gasteiger partial charge in [0.1, 0.15) is 0 Å². The highest BCUT2D eigenvalue weighted by molar-refractivity contribution is 5.32. The van der Waals surface area contributed by atoms with Gasteiger partial charge < -0.3 is 0 Å². The smallest absolute Gasteiger partial charge is 0.286 e. The molecule has 3 aromatic carbocycles. The van der Waals surface area contributed by atoms with Crippen LogP contribution < -0.4 is 0 Å². The van der Waals surface area contributed by atoms with Crippen molar-refractivity contribution in [1.29, 1.82) is 0 Å². The van der Waals surface area contributed by atoms with Crippen LogP contribution in [0.25, 0.3) is 0 Å². The number of rotatable bonds is 9. The zero-order chi connectivity index (χ0) is 24.0. The number of alkyl halides is 3. The Kier molecular flexibility index (Phi) is 7.37. The second kappa shape index (κ2) is 10.6. The number of halogens is 3. The molecule has 4 aromatic rings. The summed E-state index contributed by atoms with van der Waals surface area (Å²) in [7, 11) is 0. The number of tetrazole rings is 1. The summed E-state index contributed by atoms with van der Waals surface area (Å²) in [6.07, 6.45) is -3.73. The molecule has 0 radical (unpaired) electrons. The lowest BCUT2D eigenvalue weighted by molar-refractivity contribution is -0.137. The van der Waals surface area contributed by atoms with Crippen LogP contribution in [0.5, 0.6) is 0 Å². The molecule has 0 N–H and O–H groups in total. The molecule has 34 heavy (non-hydrogen) atoms. The van der Waals surface area contributed by atoms with E-state index in [1.54, 1.807) is 10.7 Å². The number of aryl methyl sites for hydroxylation is 2. The molecule has 1 aromatic heterocycles. The van der Waals surface area contributed by atoms with Gasteiger partial charge in [0.25, 0.3) is 0 Å². The average Bonchev–Trinajstić information content (AvgIpc) is 3.31. The standard InChI is InChI=1S/C26H26F3N5/c1-2-33(19-21-12-7-4-8-13-21)24(22-14-9-15-23(18-22)26(27,28)29)25-30-31-32-34(25)17-16-20-10-5-3-6-11-20/h3-15,18,24H,2,16-17,19H2,1H3/t24-/m1/s1. The Morgan fingerprint density at radius 2 is 1.56 bits per heavy atom. The minimum absolute atomic E-state index is 0.503. The van der Waals surface area contributed by atoms with Crippen molar-refractivity contribution in [1.82, 2.24) is 25.1 Å². The first-order chi connectivity index (χ1) is 16.5. The van der Waals surface area contributed by atoms with Crippen LogP contribution in [0.4, 0.5) is 13.2 Å². The summed E-state index contributed by atoms with van der Waals surface area (Å²) in [6, 6.07) is 24.7. The van der Waals surface area contributed by atoms with Gasteiger partial charge in [-0.25, -0.2) is 4.68 Å². The van der Waals surface area contributed by atoms with Gasteiger partial charge in [-0.05, 0) is 52.2 Å². The van der Waals surface area contributed by atoms with Crippen molar-refractivity contribution >= 4 is 0 Å². The van der Waals surface area contributed by atoms with Gasteiger partial charge in [-0.1, -0.05) is 79.7 Å². The first-order valence-electron chi connectivity index (χ1n) is 11.2. The SMILES string of the molecule is CCN(Cc1ccccc1)[C@H](c1cccc(C(F)(F)F)c1)c1nnnn1CCc1ccccc1. The molecule has 0 unspecified atom stereocenters. The Bertz CT molecular complexity index is 1180. The lowest BCUT2D eigenvalue weighted by Gasteiger charge is -2.30. The van der Waals surface area contributed by atoms with Gasteiger partial charge in [0.2, 0.25) is 0 Å². The first kappa shape index (κ1) is 23.6. The number of hydrogen-bond donors (Lipinski definition) is 0. The largest absolute Gasteiger partial charge is 0.416 e. The fourth-order valence-electron chi connectivity index (χ4n) is 4.06. The summed E-state index contributed by atoms with van der Waals surface area (Å²) in [6.45, 7) is 3.65. The molecule has 0 aliphatic rings. The minimum atomic E-state index is -4.43. The molecule has 0 spiro atoms. The predicted molar refractivity (Wildman–Crippen MR) is 124 cm³/mol. The van der Waals surface area contributed by atoms with E-state index in [2.05, 4.69) is 20.4 Å². The third kappa shape index (κ3) is 5.69. The zero-order valence-electron chi connectivity index (χ0n) is 18.9. The van der Waals surface area contributed by atoms with Crippen molar-refractivity contribution in [3.05, 3.63) is 113 Å². The van der Waals surface area contributed by atoms with Crippen LogP contribution in [0.2, 0.25) is 0 Å². The number of benzene rings is 3. The zero-order valence-corrected chi connectivity index (χ0v) is 18.9. The van der Waals surface area contributed by atoms with Gasteiger partial charge in [0.05, 0.1) is 11.6 Å². The highest BCUT2D eigenvalue weighted by Crippen LogP contribution is 2.34. The predicted octanol–water partition coefficient (Wildman–Crippen LogP) is 5.55. The Hall–Kier alpha value is -3.52. The lowest BCUT2D eigenvalue weighted by Crippen LogP contribution is -2.32. The highest BCUT2D eigenvalue weighted by atomic mass is 19.4. The second-order valence-corrected chi connectivity index (χ2v) is 8.07. The van der Waals surface area contributed by atoms with E-state index in [9.17, 15) is 13.2 Å². The lowest BCUT2D eigenvalue weighted by atomic mass is 10.0. The van der Waals surface area contributed by atoms with Gasteiger partial charge in [0, 0.05) is 13.1 Å². The molecule has 0 aliphatic carbocycles. The van der Waals surface area contributed by atoms with Gasteiger partial charge >= 0.3 is 6.18 Å². The molecular formula is C26H26F3N5.